The van der Waals surface area contributed by atoms with Gasteiger partial charge in [-0.2, -0.15) is 0 Å². The number of halogens is 1. The van der Waals surface area contributed by atoms with Crippen molar-refractivity contribution in [1.82, 2.24) is 10.2 Å². The maximum atomic E-state index is 13.0. The van der Waals surface area contributed by atoms with E-state index in [4.69, 9.17) is 4.42 Å². The van der Waals surface area contributed by atoms with E-state index in [1.165, 1.54) is 29.8 Å². The number of hydrogen-bond donors (Lipinski definition) is 1. The van der Waals surface area contributed by atoms with Crippen molar-refractivity contribution in [3.63, 3.8) is 0 Å². The quantitative estimate of drug-likeness (QED) is 0.550. The first-order valence-corrected chi connectivity index (χ1v) is 8.71. The van der Waals surface area contributed by atoms with Crippen LogP contribution < -0.4 is 5.32 Å². The van der Waals surface area contributed by atoms with E-state index in [1.54, 1.807) is 12.1 Å². The molecule has 5 nitrogen and oxygen atoms in total. The molecule has 4 rings (SSSR count). The predicted molar refractivity (Wildman–Crippen MR) is 103 cm³/mol. The fourth-order valence-corrected chi connectivity index (χ4v) is 2.76. The molecule has 0 fully saturated rings. The minimum Gasteiger partial charge on any atom is -0.403 e. The molecule has 138 valence electrons. The van der Waals surface area contributed by atoms with Crippen LogP contribution in [0.25, 0.3) is 11.5 Å². The lowest BCUT2D eigenvalue weighted by molar-refractivity contribution is 0.102. The van der Waals surface area contributed by atoms with E-state index in [2.05, 4.69) is 27.6 Å². The highest BCUT2D eigenvalue weighted by Gasteiger charge is 2.13. The van der Waals surface area contributed by atoms with Gasteiger partial charge in [0.05, 0.1) is 0 Å². The average molecular weight is 373 g/mol. The van der Waals surface area contributed by atoms with Crippen LogP contribution in [0.2, 0.25) is 0 Å². The molecule has 0 saturated carbocycles. The van der Waals surface area contributed by atoms with Crippen LogP contribution in [0.15, 0.2) is 83.3 Å². The van der Waals surface area contributed by atoms with Gasteiger partial charge in [-0.25, -0.2) is 4.39 Å². The molecule has 1 amide bonds. The number of amides is 1. The summed E-state index contributed by atoms with van der Waals surface area (Å²) >= 11 is 0. The van der Waals surface area contributed by atoms with Crippen LogP contribution in [-0.4, -0.2) is 16.1 Å². The highest BCUT2D eigenvalue weighted by Crippen LogP contribution is 2.20. The number of hydrogen-bond acceptors (Lipinski definition) is 4. The fourth-order valence-electron chi connectivity index (χ4n) is 2.76. The highest BCUT2D eigenvalue weighted by molar-refractivity contribution is 6.03. The smallest absolute Gasteiger partial charge is 0.322 e. The number of aromatic nitrogens is 2. The van der Waals surface area contributed by atoms with Crippen LogP contribution in [0.5, 0.6) is 0 Å². The molecule has 6 heteroatoms. The second-order valence-corrected chi connectivity index (χ2v) is 6.23. The fraction of sp³-hybridized carbons (Fsp3) is 0.0455. The van der Waals surface area contributed by atoms with Crippen LogP contribution in [0, 0.1) is 5.82 Å². The van der Waals surface area contributed by atoms with Crippen molar-refractivity contribution in [1.29, 1.82) is 0 Å². The molecule has 0 aliphatic carbocycles. The topological polar surface area (TPSA) is 68.0 Å². The zero-order valence-electron chi connectivity index (χ0n) is 14.8. The highest BCUT2D eigenvalue weighted by atomic mass is 19.1. The molecule has 0 spiro atoms. The number of rotatable bonds is 5. The molecule has 0 aliphatic heterocycles. The number of benzene rings is 3. The van der Waals surface area contributed by atoms with E-state index in [-0.39, 0.29) is 23.6 Å². The summed E-state index contributed by atoms with van der Waals surface area (Å²) in [6, 6.07) is 23.1. The van der Waals surface area contributed by atoms with Crippen LogP contribution in [0.3, 0.4) is 0 Å². The van der Waals surface area contributed by atoms with Gasteiger partial charge in [0.2, 0.25) is 5.89 Å². The predicted octanol–water partition coefficient (Wildman–Crippen LogP) is 4.72. The molecule has 1 aromatic heterocycles. The molecule has 28 heavy (non-hydrogen) atoms. The summed E-state index contributed by atoms with van der Waals surface area (Å²) in [5, 5.41) is 10.3. The summed E-state index contributed by atoms with van der Waals surface area (Å²) in [6.07, 6.45) is 0.799. The van der Waals surface area contributed by atoms with E-state index < -0.39 is 0 Å². The van der Waals surface area contributed by atoms with Gasteiger partial charge in [-0.15, -0.1) is 5.10 Å². The third-order valence-corrected chi connectivity index (χ3v) is 4.20. The van der Waals surface area contributed by atoms with Gasteiger partial charge >= 0.3 is 6.01 Å². The third kappa shape index (κ3) is 4.12. The Kier molecular flexibility index (Phi) is 4.93. The van der Waals surface area contributed by atoms with Gasteiger partial charge < -0.3 is 4.42 Å². The van der Waals surface area contributed by atoms with E-state index >= 15 is 0 Å². The first kappa shape index (κ1) is 17.6. The summed E-state index contributed by atoms with van der Waals surface area (Å²) in [5.74, 6) is -0.499. The minimum atomic E-state index is -0.354. The van der Waals surface area contributed by atoms with Gasteiger partial charge in [-0.3, -0.25) is 10.1 Å². The second-order valence-electron chi connectivity index (χ2n) is 6.23. The molecule has 0 unspecified atom stereocenters. The number of carbonyl (C=O) groups is 1. The molecule has 0 atom stereocenters. The Labute approximate surface area is 160 Å². The Morgan fingerprint density at radius 2 is 1.54 bits per heavy atom. The maximum absolute atomic E-state index is 13.0. The van der Waals surface area contributed by atoms with Gasteiger partial charge in [0.1, 0.15) is 5.82 Å². The zero-order chi connectivity index (χ0) is 19.3. The average Bonchev–Trinajstić information content (AvgIpc) is 3.18. The van der Waals surface area contributed by atoms with Gasteiger partial charge in [-0.05, 0) is 53.9 Å². The van der Waals surface area contributed by atoms with Gasteiger partial charge in [0.15, 0.2) is 0 Å². The molecular weight excluding hydrogens is 357 g/mol. The third-order valence-electron chi connectivity index (χ3n) is 4.20. The largest absolute Gasteiger partial charge is 0.403 e. The lowest BCUT2D eigenvalue weighted by atomic mass is 10.0. The van der Waals surface area contributed by atoms with Gasteiger partial charge in [-0.1, -0.05) is 47.6 Å². The van der Waals surface area contributed by atoms with Crippen LogP contribution >= 0.6 is 0 Å². The first-order valence-electron chi connectivity index (χ1n) is 8.71. The monoisotopic (exact) mass is 373 g/mol. The molecule has 0 radical (unpaired) electrons. The van der Waals surface area contributed by atoms with Crippen molar-refractivity contribution >= 4 is 11.9 Å². The van der Waals surface area contributed by atoms with Crippen LogP contribution in [0.4, 0.5) is 10.4 Å². The molecule has 1 N–H and O–H groups in total. The van der Waals surface area contributed by atoms with Gasteiger partial charge in [0.25, 0.3) is 5.91 Å². The first-order chi connectivity index (χ1) is 13.7. The molecular formula is C22H16FN3O2. The molecule has 3 aromatic carbocycles. The van der Waals surface area contributed by atoms with E-state index in [1.807, 2.05) is 30.3 Å². The number of nitrogens with zero attached hydrogens (tertiary/aromatic N) is 2. The summed E-state index contributed by atoms with van der Waals surface area (Å²) in [6.45, 7) is 0. The molecule has 0 bridgehead atoms. The Morgan fingerprint density at radius 1 is 0.857 bits per heavy atom. The lowest BCUT2D eigenvalue weighted by Crippen LogP contribution is -2.12. The summed E-state index contributed by atoms with van der Waals surface area (Å²) < 4.78 is 18.4. The summed E-state index contributed by atoms with van der Waals surface area (Å²) in [5.41, 5.74) is 3.37. The van der Waals surface area contributed by atoms with Crippen molar-refractivity contribution in [2.45, 2.75) is 6.42 Å². The number of nitrogens with one attached hydrogen (secondary N) is 1. The van der Waals surface area contributed by atoms with E-state index in [9.17, 15) is 9.18 Å². The lowest BCUT2D eigenvalue weighted by Gasteiger charge is -2.04. The van der Waals surface area contributed by atoms with Gasteiger partial charge in [0, 0.05) is 11.1 Å². The van der Waals surface area contributed by atoms with Crippen molar-refractivity contribution < 1.29 is 13.6 Å². The maximum Gasteiger partial charge on any atom is 0.322 e. The van der Waals surface area contributed by atoms with Crippen LogP contribution in [-0.2, 0) is 6.42 Å². The van der Waals surface area contributed by atoms with Crippen molar-refractivity contribution in [2.24, 2.45) is 0 Å². The SMILES string of the molecule is O=C(Nc1nnc(-c2ccc(F)cc2)o1)c1ccc(Cc2ccccc2)cc1. The second kappa shape index (κ2) is 7.84. The Balaban J connectivity index is 1.42. The summed E-state index contributed by atoms with van der Waals surface area (Å²) in [4.78, 5) is 12.4. The molecule has 0 saturated heterocycles. The van der Waals surface area contributed by atoms with Crippen LogP contribution in [0.1, 0.15) is 21.5 Å². The van der Waals surface area contributed by atoms with E-state index in [0.717, 1.165) is 12.0 Å². The normalized spacial score (nSPS) is 10.6. The number of anilines is 1. The molecule has 0 aliphatic rings. The van der Waals surface area contributed by atoms with E-state index in [0.29, 0.717) is 11.1 Å². The van der Waals surface area contributed by atoms with Crippen molar-refractivity contribution in [3.05, 3.63) is 101 Å². The van der Waals surface area contributed by atoms with Crippen molar-refractivity contribution in [2.75, 3.05) is 5.32 Å². The Hall–Kier alpha value is -3.80. The number of carbonyl (C=O) groups excluding carboxylic acids is 1. The molecule has 1 heterocycles. The Morgan fingerprint density at radius 3 is 2.25 bits per heavy atom. The minimum absolute atomic E-state index is 0.0160. The molecule has 4 aromatic rings. The Bertz CT molecular complexity index is 1070. The zero-order valence-corrected chi connectivity index (χ0v) is 14.8. The summed E-state index contributed by atoms with van der Waals surface area (Å²) in [7, 11) is 0. The standard InChI is InChI=1S/C22H16FN3O2/c23-19-12-10-18(11-13-19)21-25-26-22(28-21)24-20(27)17-8-6-16(7-9-17)14-15-4-2-1-3-5-15/h1-13H,14H2,(H,24,26,27). The van der Waals surface area contributed by atoms with Crippen molar-refractivity contribution in [3.8, 4) is 11.5 Å².